The fourth-order valence-electron chi connectivity index (χ4n) is 3.64. The molecular formula is C18H37N5. The molecule has 23 heavy (non-hydrogen) atoms. The Morgan fingerprint density at radius 1 is 1.04 bits per heavy atom. The van der Waals surface area contributed by atoms with E-state index in [1.54, 1.807) is 0 Å². The van der Waals surface area contributed by atoms with Crippen molar-refractivity contribution in [3.8, 4) is 0 Å². The van der Waals surface area contributed by atoms with Crippen molar-refractivity contribution in [2.75, 3.05) is 46.3 Å². The number of hydrogen-bond donors (Lipinski definition) is 2. The van der Waals surface area contributed by atoms with Crippen LogP contribution in [0.15, 0.2) is 4.99 Å². The van der Waals surface area contributed by atoms with Crippen LogP contribution in [0.25, 0.3) is 0 Å². The summed E-state index contributed by atoms with van der Waals surface area (Å²) in [5.74, 6) is 0.975. The van der Waals surface area contributed by atoms with E-state index in [-0.39, 0.29) is 0 Å². The number of nitrogens with zero attached hydrogens (tertiary/aromatic N) is 3. The van der Waals surface area contributed by atoms with E-state index in [1.165, 1.54) is 64.7 Å². The molecule has 5 heteroatoms. The summed E-state index contributed by atoms with van der Waals surface area (Å²) in [4.78, 5) is 9.55. The van der Waals surface area contributed by atoms with E-state index in [1.807, 2.05) is 7.05 Å². The highest BCUT2D eigenvalue weighted by Crippen LogP contribution is 2.12. The molecule has 0 unspecified atom stereocenters. The first kappa shape index (κ1) is 18.5. The number of aliphatic imine (C=N–C) groups is 1. The zero-order chi connectivity index (χ0) is 16.5. The minimum Gasteiger partial charge on any atom is -0.355 e. The first-order valence-corrected chi connectivity index (χ1v) is 9.62. The zero-order valence-corrected chi connectivity index (χ0v) is 15.5. The molecule has 5 nitrogen and oxygen atoms in total. The van der Waals surface area contributed by atoms with Gasteiger partial charge in [-0.25, -0.2) is 0 Å². The summed E-state index contributed by atoms with van der Waals surface area (Å²) >= 11 is 0. The lowest BCUT2D eigenvalue weighted by molar-refractivity contribution is 0.167. The molecule has 0 amide bonds. The van der Waals surface area contributed by atoms with Crippen molar-refractivity contribution in [1.29, 1.82) is 0 Å². The number of likely N-dealkylation sites (tertiary alicyclic amines) is 2. The van der Waals surface area contributed by atoms with Gasteiger partial charge in [-0.1, -0.05) is 12.8 Å². The second kappa shape index (κ2) is 10.1. The number of rotatable bonds is 5. The molecule has 0 radical (unpaired) electrons. The fourth-order valence-corrected chi connectivity index (χ4v) is 3.64. The summed E-state index contributed by atoms with van der Waals surface area (Å²) in [5.41, 5.74) is 0. The van der Waals surface area contributed by atoms with Crippen molar-refractivity contribution in [2.24, 2.45) is 4.99 Å². The Morgan fingerprint density at radius 3 is 2.26 bits per heavy atom. The van der Waals surface area contributed by atoms with Gasteiger partial charge in [0.2, 0.25) is 0 Å². The standard InChI is InChI=1S/C18H37N5/c1-16(2)23-13-8-17(9-14-23)21-18(19-3)20-10-15-22-11-6-4-5-7-12-22/h16-17H,4-15H2,1-3H3,(H2,19,20,21). The van der Waals surface area contributed by atoms with Gasteiger partial charge in [-0.15, -0.1) is 0 Å². The second-order valence-electron chi connectivity index (χ2n) is 7.30. The zero-order valence-electron chi connectivity index (χ0n) is 15.5. The third-order valence-electron chi connectivity index (χ3n) is 5.24. The molecule has 0 aromatic carbocycles. The minimum atomic E-state index is 0.564. The van der Waals surface area contributed by atoms with Gasteiger partial charge >= 0.3 is 0 Å². The average molecular weight is 324 g/mol. The van der Waals surface area contributed by atoms with Crippen molar-refractivity contribution in [3.63, 3.8) is 0 Å². The third-order valence-corrected chi connectivity index (χ3v) is 5.24. The SMILES string of the molecule is CN=C(NCCN1CCCCCC1)NC1CCN(C(C)C)CC1. The molecule has 0 aromatic heterocycles. The van der Waals surface area contributed by atoms with Crippen LogP contribution < -0.4 is 10.6 Å². The molecule has 134 valence electrons. The van der Waals surface area contributed by atoms with E-state index in [4.69, 9.17) is 0 Å². The fraction of sp³-hybridized carbons (Fsp3) is 0.944. The molecular weight excluding hydrogens is 286 g/mol. The van der Waals surface area contributed by atoms with E-state index in [2.05, 4.69) is 39.3 Å². The predicted molar refractivity (Wildman–Crippen MR) is 99.1 cm³/mol. The van der Waals surface area contributed by atoms with Gasteiger partial charge < -0.3 is 20.4 Å². The van der Waals surface area contributed by atoms with E-state index >= 15 is 0 Å². The monoisotopic (exact) mass is 323 g/mol. The Bertz CT molecular complexity index is 339. The first-order chi connectivity index (χ1) is 11.2. The maximum atomic E-state index is 4.40. The molecule has 2 heterocycles. The highest BCUT2D eigenvalue weighted by atomic mass is 15.2. The van der Waals surface area contributed by atoms with Gasteiger partial charge in [0.05, 0.1) is 0 Å². The van der Waals surface area contributed by atoms with Crippen LogP contribution in [-0.2, 0) is 0 Å². The Labute approximate surface area is 142 Å². The summed E-state index contributed by atoms with van der Waals surface area (Å²) in [6.45, 7) is 11.6. The Morgan fingerprint density at radius 2 is 1.70 bits per heavy atom. The summed E-state index contributed by atoms with van der Waals surface area (Å²) in [5, 5.41) is 7.11. The molecule has 0 spiro atoms. The van der Waals surface area contributed by atoms with Crippen molar-refractivity contribution in [3.05, 3.63) is 0 Å². The topological polar surface area (TPSA) is 42.9 Å². The third kappa shape index (κ3) is 6.68. The normalized spacial score (nSPS) is 23.0. The molecule has 2 aliphatic rings. The first-order valence-electron chi connectivity index (χ1n) is 9.62. The van der Waals surface area contributed by atoms with Crippen LogP contribution in [0.5, 0.6) is 0 Å². The summed E-state index contributed by atoms with van der Waals surface area (Å²) in [6.07, 6.45) is 7.96. The molecule has 2 rings (SSSR count). The Hall–Kier alpha value is -0.810. The lowest BCUT2D eigenvalue weighted by Gasteiger charge is -2.35. The number of guanidine groups is 1. The predicted octanol–water partition coefficient (Wildman–Crippen LogP) is 1.90. The largest absolute Gasteiger partial charge is 0.355 e. The van der Waals surface area contributed by atoms with E-state index < -0.39 is 0 Å². The second-order valence-corrected chi connectivity index (χ2v) is 7.30. The lowest BCUT2D eigenvalue weighted by Crippen LogP contribution is -2.50. The molecule has 0 atom stereocenters. The molecule has 0 saturated carbocycles. The van der Waals surface area contributed by atoms with Crippen molar-refractivity contribution < 1.29 is 0 Å². The number of hydrogen-bond acceptors (Lipinski definition) is 3. The van der Waals surface area contributed by atoms with E-state index in [9.17, 15) is 0 Å². The lowest BCUT2D eigenvalue weighted by atomic mass is 10.0. The quantitative estimate of drug-likeness (QED) is 0.599. The number of piperidine rings is 1. The van der Waals surface area contributed by atoms with Crippen LogP contribution >= 0.6 is 0 Å². The molecule has 2 saturated heterocycles. The molecule has 2 N–H and O–H groups in total. The molecule has 2 fully saturated rings. The summed E-state index contributed by atoms with van der Waals surface area (Å²) < 4.78 is 0. The average Bonchev–Trinajstić information content (AvgIpc) is 2.83. The Kier molecular flexibility index (Phi) is 8.17. The van der Waals surface area contributed by atoms with Crippen molar-refractivity contribution in [1.82, 2.24) is 20.4 Å². The smallest absolute Gasteiger partial charge is 0.191 e. The van der Waals surface area contributed by atoms with Gasteiger partial charge in [-0.2, -0.15) is 0 Å². The van der Waals surface area contributed by atoms with Crippen LogP contribution in [0.3, 0.4) is 0 Å². The minimum absolute atomic E-state index is 0.564. The molecule has 0 bridgehead atoms. The van der Waals surface area contributed by atoms with Gasteiger partial charge in [0, 0.05) is 45.3 Å². The van der Waals surface area contributed by atoms with Gasteiger partial charge in [-0.3, -0.25) is 4.99 Å². The van der Waals surface area contributed by atoms with Crippen LogP contribution in [0.2, 0.25) is 0 Å². The number of nitrogens with one attached hydrogen (secondary N) is 2. The van der Waals surface area contributed by atoms with E-state index in [0.717, 1.165) is 19.0 Å². The highest BCUT2D eigenvalue weighted by molar-refractivity contribution is 5.79. The summed E-state index contributed by atoms with van der Waals surface area (Å²) in [6, 6.07) is 1.23. The van der Waals surface area contributed by atoms with Crippen molar-refractivity contribution in [2.45, 2.75) is 64.5 Å². The molecule has 0 aliphatic carbocycles. The van der Waals surface area contributed by atoms with Crippen molar-refractivity contribution >= 4 is 5.96 Å². The van der Waals surface area contributed by atoms with Gasteiger partial charge in [0.25, 0.3) is 0 Å². The maximum absolute atomic E-state index is 4.40. The molecule has 2 aliphatic heterocycles. The van der Waals surface area contributed by atoms with Crippen LogP contribution in [0.4, 0.5) is 0 Å². The van der Waals surface area contributed by atoms with Crippen LogP contribution in [0, 0.1) is 0 Å². The highest BCUT2D eigenvalue weighted by Gasteiger charge is 2.21. The maximum Gasteiger partial charge on any atom is 0.191 e. The van der Waals surface area contributed by atoms with Crippen LogP contribution in [0.1, 0.15) is 52.4 Å². The van der Waals surface area contributed by atoms with Gasteiger partial charge in [0.15, 0.2) is 5.96 Å². The summed E-state index contributed by atoms with van der Waals surface area (Å²) in [7, 11) is 1.88. The van der Waals surface area contributed by atoms with Crippen LogP contribution in [-0.4, -0.2) is 74.2 Å². The Balaban J connectivity index is 1.63. The van der Waals surface area contributed by atoms with Gasteiger partial charge in [-0.05, 0) is 52.6 Å². The van der Waals surface area contributed by atoms with Gasteiger partial charge in [0.1, 0.15) is 0 Å². The molecule has 0 aromatic rings. The van der Waals surface area contributed by atoms with E-state index in [0.29, 0.717) is 12.1 Å².